The topological polar surface area (TPSA) is 46.5 Å². The largest absolute Gasteiger partial charge is 0.479 e. The molecule has 0 amide bonds. The monoisotopic (exact) mass is 276 g/mol. The highest BCUT2D eigenvalue weighted by Gasteiger charge is 2.16. The van der Waals surface area contributed by atoms with E-state index in [1.165, 1.54) is 17.8 Å². The average Bonchev–Trinajstić information content (AvgIpc) is 2.32. The zero-order valence-electron chi connectivity index (χ0n) is 9.86. The van der Waals surface area contributed by atoms with Gasteiger partial charge in [0.2, 0.25) is 0 Å². The first-order valence-electron chi connectivity index (χ1n) is 5.46. The maximum Gasteiger partial charge on any atom is 0.332 e. The molecule has 3 nitrogen and oxygen atoms in total. The highest BCUT2D eigenvalue weighted by atomic mass is 32.2. The fourth-order valence-electron chi connectivity index (χ4n) is 1.33. The van der Waals surface area contributed by atoms with E-state index in [-0.39, 0.29) is 0 Å². The molecule has 6 heteroatoms. The molecule has 1 unspecified atom stereocenters. The van der Waals surface area contributed by atoms with E-state index in [0.717, 1.165) is 12.1 Å². The van der Waals surface area contributed by atoms with Crippen LogP contribution in [0.5, 0.6) is 0 Å². The van der Waals surface area contributed by atoms with E-state index in [1.54, 1.807) is 6.92 Å². The van der Waals surface area contributed by atoms with Gasteiger partial charge in [0, 0.05) is 17.3 Å². The zero-order chi connectivity index (χ0) is 13.5. The summed E-state index contributed by atoms with van der Waals surface area (Å²) in [6.45, 7) is 2.05. The summed E-state index contributed by atoms with van der Waals surface area (Å²) >= 11 is 1.26. The molecule has 0 heterocycles. The minimum atomic E-state index is -1.01. The predicted molar refractivity (Wildman–Crippen MR) is 64.7 cm³/mol. The van der Waals surface area contributed by atoms with Crippen LogP contribution < -0.4 is 0 Å². The Kier molecular flexibility index (Phi) is 6.07. The van der Waals surface area contributed by atoms with Crippen LogP contribution in [0.25, 0.3) is 0 Å². The third-order valence-corrected chi connectivity index (χ3v) is 3.21. The summed E-state index contributed by atoms with van der Waals surface area (Å²) in [5, 5.41) is 8.84. The van der Waals surface area contributed by atoms with E-state index >= 15 is 0 Å². The highest BCUT2D eigenvalue weighted by molar-refractivity contribution is 7.99. The van der Waals surface area contributed by atoms with Crippen LogP contribution >= 0.6 is 11.8 Å². The maximum atomic E-state index is 12.9. The summed E-state index contributed by atoms with van der Waals surface area (Å²) in [4.78, 5) is 11.4. The molecule has 1 aromatic rings. The summed E-state index contributed by atoms with van der Waals surface area (Å²) in [6.07, 6.45) is -0.542. The number of ether oxygens (including phenoxy) is 1. The van der Waals surface area contributed by atoms with Crippen molar-refractivity contribution in [3.8, 4) is 0 Å². The quantitative estimate of drug-likeness (QED) is 0.778. The minimum Gasteiger partial charge on any atom is -0.479 e. The van der Waals surface area contributed by atoms with Gasteiger partial charge in [-0.2, -0.15) is 0 Å². The summed E-state index contributed by atoms with van der Waals surface area (Å²) in [5.74, 6) is -2.35. The molecule has 0 spiro atoms. The number of carbonyl (C=O) groups is 1. The second kappa shape index (κ2) is 7.33. The van der Waals surface area contributed by atoms with Gasteiger partial charge in [0.1, 0.15) is 0 Å². The molecule has 0 aliphatic carbocycles. The molecule has 0 bridgehead atoms. The van der Waals surface area contributed by atoms with Crippen molar-refractivity contribution in [1.29, 1.82) is 0 Å². The molecule has 0 aliphatic heterocycles. The molecule has 100 valence electrons. The van der Waals surface area contributed by atoms with E-state index in [9.17, 15) is 13.6 Å². The standard InChI is InChI=1S/C12H14F2O3S/c1-2-17-11(12(15)16)5-6-18-8-3-4-9(13)10(14)7-8/h3-4,7,11H,2,5-6H2,1H3,(H,15,16). The highest BCUT2D eigenvalue weighted by Crippen LogP contribution is 2.22. The van der Waals surface area contributed by atoms with Gasteiger partial charge < -0.3 is 9.84 Å². The van der Waals surface area contributed by atoms with Crippen molar-refractivity contribution >= 4 is 17.7 Å². The van der Waals surface area contributed by atoms with E-state index in [2.05, 4.69) is 0 Å². The molecule has 0 saturated heterocycles. The molecule has 0 aliphatic rings. The van der Waals surface area contributed by atoms with Crippen molar-refractivity contribution in [3.05, 3.63) is 29.8 Å². The lowest BCUT2D eigenvalue weighted by Crippen LogP contribution is -2.24. The van der Waals surface area contributed by atoms with Gasteiger partial charge in [0.15, 0.2) is 17.7 Å². The van der Waals surface area contributed by atoms with Crippen LogP contribution in [0.15, 0.2) is 23.1 Å². The van der Waals surface area contributed by atoms with Gasteiger partial charge in [-0.3, -0.25) is 0 Å². The van der Waals surface area contributed by atoms with Crippen molar-refractivity contribution in [2.24, 2.45) is 0 Å². The van der Waals surface area contributed by atoms with Gasteiger partial charge in [0.25, 0.3) is 0 Å². The van der Waals surface area contributed by atoms with Gasteiger partial charge in [-0.1, -0.05) is 0 Å². The Balaban J connectivity index is 2.44. The van der Waals surface area contributed by atoms with E-state index in [4.69, 9.17) is 9.84 Å². The molecule has 18 heavy (non-hydrogen) atoms. The molecule has 1 aromatic carbocycles. The average molecular weight is 276 g/mol. The van der Waals surface area contributed by atoms with Gasteiger partial charge in [0.05, 0.1) is 0 Å². The lowest BCUT2D eigenvalue weighted by molar-refractivity contribution is -0.150. The third-order valence-electron chi connectivity index (χ3n) is 2.18. The van der Waals surface area contributed by atoms with Gasteiger partial charge in [-0.05, 0) is 31.5 Å². The van der Waals surface area contributed by atoms with Crippen LogP contribution in [0.1, 0.15) is 13.3 Å². The first-order valence-corrected chi connectivity index (χ1v) is 6.45. The van der Waals surface area contributed by atoms with Crippen molar-refractivity contribution in [2.75, 3.05) is 12.4 Å². The number of aliphatic carboxylic acids is 1. The summed E-state index contributed by atoms with van der Waals surface area (Å²) in [6, 6.07) is 3.60. The number of rotatable bonds is 7. The number of carboxylic acid groups (broad SMARTS) is 1. The van der Waals surface area contributed by atoms with Crippen LogP contribution in [-0.4, -0.2) is 29.5 Å². The van der Waals surface area contributed by atoms with Crippen LogP contribution in [0.2, 0.25) is 0 Å². The first-order chi connectivity index (χ1) is 8.54. The molecule has 1 rings (SSSR count). The molecule has 1 N–H and O–H groups in total. The van der Waals surface area contributed by atoms with Gasteiger partial charge in [-0.25, -0.2) is 13.6 Å². The lowest BCUT2D eigenvalue weighted by atomic mass is 10.3. The van der Waals surface area contributed by atoms with Crippen molar-refractivity contribution in [2.45, 2.75) is 24.3 Å². The molecule has 1 atom stereocenters. The van der Waals surface area contributed by atoms with Crippen molar-refractivity contribution in [1.82, 2.24) is 0 Å². The van der Waals surface area contributed by atoms with Crippen LogP contribution in [0.4, 0.5) is 8.78 Å². The SMILES string of the molecule is CCOC(CCSc1ccc(F)c(F)c1)C(=O)O. The number of hydrogen-bond donors (Lipinski definition) is 1. The number of thioether (sulfide) groups is 1. The van der Waals surface area contributed by atoms with E-state index < -0.39 is 23.7 Å². The molecule has 0 saturated carbocycles. The minimum absolute atomic E-state index is 0.312. The van der Waals surface area contributed by atoms with Crippen LogP contribution in [-0.2, 0) is 9.53 Å². The van der Waals surface area contributed by atoms with Gasteiger partial charge >= 0.3 is 5.97 Å². The second-order valence-electron chi connectivity index (χ2n) is 3.50. The molecule has 0 aromatic heterocycles. The van der Waals surface area contributed by atoms with Crippen molar-refractivity contribution < 1.29 is 23.4 Å². The Morgan fingerprint density at radius 2 is 2.17 bits per heavy atom. The Morgan fingerprint density at radius 1 is 1.44 bits per heavy atom. The smallest absolute Gasteiger partial charge is 0.332 e. The number of hydrogen-bond acceptors (Lipinski definition) is 3. The number of carboxylic acids is 1. The Morgan fingerprint density at radius 3 is 2.72 bits per heavy atom. The maximum absolute atomic E-state index is 12.9. The normalized spacial score (nSPS) is 12.4. The van der Waals surface area contributed by atoms with Crippen LogP contribution in [0, 0.1) is 11.6 Å². The summed E-state index contributed by atoms with van der Waals surface area (Å²) in [7, 11) is 0. The number of halogens is 2. The van der Waals surface area contributed by atoms with Crippen molar-refractivity contribution in [3.63, 3.8) is 0 Å². The second-order valence-corrected chi connectivity index (χ2v) is 4.66. The number of benzene rings is 1. The zero-order valence-corrected chi connectivity index (χ0v) is 10.7. The predicted octanol–water partition coefficient (Wildman–Crippen LogP) is 2.94. The molecular weight excluding hydrogens is 262 g/mol. The van der Waals surface area contributed by atoms with E-state index in [0.29, 0.717) is 23.7 Å². The Labute approximate surface area is 108 Å². The Hall–Kier alpha value is -1.14. The summed E-state index contributed by atoms with van der Waals surface area (Å²) < 4.78 is 30.6. The first kappa shape index (κ1) is 14.9. The van der Waals surface area contributed by atoms with Gasteiger partial charge in [-0.15, -0.1) is 11.8 Å². The lowest BCUT2D eigenvalue weighted by Gasteiger charge is -2.11. The fraction of sp³-hybridized carbons (Fsp3) is 0.417. The van der Waals surface area contributed by atoms with Crippen LogP contribution in [0.3, 0.4) is 0 Å². The fourth-order valence-corrected chi connectivity index (χ4v) is 2.25. The van der Waals surface area contributed by atoms with E-state index in [1.807, 2.05) is 0 Å². The molecular formula is C12H14F2O3S. The third kappa shape index (κ3) is 4.62. The molecule has 0 radical (unpaired) electrons. The molecule has 0 fully saturated rings. The Bertz CT molecular complexity index is 412. The summed E-state index contributed by atoms with van der Waals surface area (Å²) in [5.41, 5.74) is 0.